The fraction of sp³-hybridized carbons (Fsp3) is 0.360. The van der Waals surface area contributed by atoms with Crippen molar-refractivity contribution >= 4 is 34.9 Å². The number of hydrogen-bond acceptors (Lipinski definition) is 9. The Hall–Kier alpha value is -4.12. The molecule has 36 heavy (non-hydrogen) atoms. The fourth-order valence-corrected chi connectivity index (χ4v) is 4.44. The van der Waals surface area contributed by atoms with E-state index in [0.29, 0.717) is 43.3 Å². The highest BCUT2D eigenvalue weighted by molar-refractivity contribution is 6.21. The van der Waals surface area contributed by atoms with Crippen LogP contribution in [0.2, 0.25) is 0 Å². The Morgan fingerprint density at radius 3 is 2.92 bits per heavy atom. The van der Waals surface area contributed by atoms with Crippen molar-refractivity contribution < 1.29 is 13.9 Å². The molecule has 1 saturated heterocycles. The number of amides is 1. The van der Waals surface area contributed by atoms with Gasteiger partial charge in [-0.05, 0) is 32.0 Å². The van der Waals surface area contributed by atoms with Crippen molar-refractivity contribution in [2.75, 3.05) is 37.7 Å². The van der Waals surface area contributed by atoms with Crippen LogP contribution in [-0.2, 0) is 9.53 Å². The van der Waals surface area contributed by atoms with Crippen molar-refractivity contribution in [2.24, 2.45) is 5.10 Å². The standard InChI is InChI=1S/C25H30N8O3/c1-4-33(26-3)13-17-11-21(28-16(2)22-14-36-15-27-22)23(25(34)29-17)24-30-19-6-5-18(12-20(19)31-24)32-7-9-35-10-8-32/h5-6,12-16,28H,3-4,7-11H2,1-2H3,(H,29,34)(H,30,31)/b17-13+. The van der Waals surface area contributed by atoms with Gasteiger partial charge in [0, 0.05) is 56.1 Å². The predicted octanol–water partition coefficient (Wildman–Crippen LogP) is 2.75. The number of fused-ring (bicyclic) bond motifs is 1. The molecular weight excluding hydrogens is 460 g/mol. The van der Waals surface area contributed by atoms with Gasteiger partial charge in [-0.15, -0.1) is 0 Å². The first-order chi connectivity index (χ1) is 17.6. The number of oxazole rings is 1. The average Bonchev–Trinajstić information content (AvgIpc) is 3.57. The van der Waals surface area contributed by atoms with Crippen LogP contribution in [0, 0.1) is 0 Å². The van der Waals surface area contributed by atoms with Crippen molar-refractivity contribution in [3.63, 3.8) is 0 Å². The third-order valence-electron chi connectivity index (χ3n) is 6.34. The number of nitrogens with one attached hydrogen (secondary N) is 3. The number of benzene rings is 1. The molecule has 0 saturated carbocycles. The molecule has 0 aliphatic carbocycles. The summed E-state index contributed by atoms with van der Waals surface area (Å²) >= 11 is 0. The van der Waals surface area contributed by atoms with E-state index >= 15 is 0 Å². The van der Waals surface area contributed by atoms with Crippen molar-refractivity contribution in [1.29, 1.82) is 0 Å². The van der Waals surface area contributed by atoms with Gasteiger partial charge in [0.05, 0.1) is 30.3 Å². The van der Waals surface area contributed by atoms with Gasteiger partial charge in [-0.25, -0.2) is 9.97 Å². The van der Waals surface area contributed by atoms with Crippen molar-refractivity contribution in [3.05, 3.63) is 60.0 Å². The number of carbonyl (C=O) groups is 1. The molecule has 1 fully saturated rings. The molecule has 11 heteroatoms. The van der Waals surface area contributed by atoms with Crippen LogP contribution in [0.15, 0.2) is 58.0 Å². The highest BCUT2D eigenvalue weighted by atomic mass is 16.5. The minimum Gasteiger partial charge on any atom is -0.451 e. The first kappa shape index (κ1) is 23.6. The summed E-state index contributed by atoms with van der Waals surface area (Å²) in [5.74, 6) is 0.250. The number of morpholine rings is 1. The quantitative estimate of drug-likeness (QED) is 0.325. The second-order valence-electron chi connectivity index (χ2n) is 8.70. The SMILES string of the molecule is C=NN(/C=C1\CC(NC(C)c2cocn2)=C(c2nc3ccc(N4CCOCC4)cc3[nH]2)C(=O)N1)CC. The monoisotopic (exact) mass is 490 g/mol. The van der Waals surface area contributed by atoms with E-state index in [9.17, 15) is 4.79 Å². The summed E-state index contributed by atoms with van der Waals surface area (Å²) in [7, 11) is 0. The lowest BCUT2D eigenvalue weighted by atomic mass is 10.0. The van der Waals surface area contributed by atoms with Crippen LogP contribution in [0.4, 0.5) is 5.69 Å². The Morgan fingerprint density at radius 1 is 1.36 bits per heavy atom. The summed E-state index contributed by atoms with van der Waals surface area (Å²) < 4.78 is 10.6. The largest absolute Gasteiger partial charge is 0.451 e. The average molecular weight is 491 g/mol. The molecule has 3 N–H and O–H groups in total. The molecule has 1 unspecified atom stereocenters. The van der Waals surface area contributed by atoms with E-state index in [4.69, 9.17) is 14.1 Å². The Bertz CT molecular complexity index is 1300. The molecule has 2 aliphatic heterocycles. The van der Waals surface area contributed by atoms with Crippen LogP contribution in [0.3, 0.4) is 0 Å². The van der Waals surface area contributed by atoms with Crippen molar-refractivity contribution in [3.8, 4) is 0 Å². The van der Waals surface area contributed by atoms with Crippen LogP contribution >= 0.6 is 0 Å². The molecule has 0 bridgehead atoms. The lowest BCUT2D eigenvalue weighted by Gasteiger charge is -2.28. The highest BCUT2D eigenvalue weighted by Crippen LogP contribution is 2.30. The molecule has 4 heterocycles. The predicted molar refractivity (Wildman–Crippen MR) is 137 cm³/mol. The second kappa shape index (κ2) is 10.2. The molecule has 2 aromatic heterocycles. The molecule has 188 valence electrons. The van der Waals surface area contributed by atoms with Crippen molar-refractivity contribution in [1.82, 2.24) is 30.6 Å². The summed E-state index contributed by atoms with van der Waals surface area (Å²) in [6.45, 7) is 11.3. The van der Waals surface area contributed by atoms with E-state index in [-0.39, 0.29) is 11.9 Å². The molecule has 1 aromatic carbocycles. The molecule has 3 aromatic rings. The zero-order valence-corrected chi connectivity index (χ0v) is 20.5. The molecule has 5 rings (SSSR count). The van der Waals surface area contributed by atoms with Gasteiger partial charge in [-0.1, -0.05) is 0 Å². The van der Waals surface area contributed by atoms with Gasteiger partial charge in [0.1, 0.15) is 23.4 Å². The zero-order valence-electron chi connectivity index (χ0n) is 20.5. The molecule has 0 radical (unpaired) electrons. The van der Waals surface area contributed by atoms with Crippen LogP contribution in [-0.4, -0.2) is 65.4 Å². The summed E-state index contributed by atoms with van der Waals surface area (Å²) in [6, 6.07) is 5.93. The Kier molecular flexibility index (Phi) is 6.72. The molecule has 0 spiro atoms. The molecule has 1 amide bonds. The summed E-state index contributed by atoms with van der Waals surface area (Å²) in [5, 5.41) is 12.1. The van der Waals surface area contributed by atoms with Crippen LogP contribution in [0.25, 0.3) is 16.6 Å². The number of H-pyrrole nitrogens is 1. The molecule has 2 aliphatic rings. The minimum atomic E-state index is -0.255. The number of aromatic amines is 1. The fourth-order valence-electron chi connectivity index (χ4n) is 4.44. The smallest absolute Gasteiger partial charge is 0.261 e. The maximum atomic E-state index is 13.4. The van der Waals surface area contributed by atoms with Gasteiger partial charge in [-0.2, -0.15) is 5.10 Å². The first-order valence-corrected chi connectivity index (χ1v) is 12.0. The number of imidazole rings is 1. The Balaban J connectivity index is 1.52. The minimum absolute atomic E-state index is 0.182. The summed E-state index contributed by atoms with van der Waals surface area (Å²) in [6.07, 6.45) is 5.22. The second-order valence-corrected chi connectivity index (χ2v) is 8.70. The number of hydrazone groups is 1. The molecule has 1 atom stereocenters. The van der Waals surface area contributed by atoms with E-state index in [1.165, 1.54) is 6.39 Å². The van der Waals surface area contributed by atoms with E-state index < -0.39 is 0 Å². The molecule has 11 nitrogen and oxygen atoms in total. The number of rotatable bonds is 8. The van der Waals surface area contributed by atoms with Gasteiger partial charge >= 0.3 is 0 Å². The number of ether oxygens (including phenoxy) is 1. The highest BCUT2D eigenvalue weighted by Gasteiger charge is 2.29. The Labute approximate surface area is 208 Å². The third kappa shape index (κ3) is 4.82. The summed E-state index contributed by atoms with van der Waals surface area (Å²) in [5.41, 5.74) is 5.39. The van der Waals surface area contributed by atoms with Crippen LogP contribution in [0.1, 0.15) is 37.8 Å². The number of hydrogen-bond donors (Lipinski definition) is 3. The lowest BCUT2D eigenvalue weighted by molar-refractivity contribution is -0.115. The van der Waals surface area contributed by atoms with E-state index in [2.05, 4.69) is 49.5 Å². The van der Waals surface area contributed by atoms with Gasteiger partial charge in [0.2, 0.25) is 0 Å². The van der Waals surface area contributed by atoms with E-state index in [1.807, 2.05) is 19.9 Å². The van der Waals surface area contributed by atoms with E-state index in [1.54, 1.807) is 17.5 Å². The molecular formula is C25H30N8O3. The summed E-state index contributed by atoms with van der Waals surface area (Å²) in [4.78, 5) is 28.1. The van der Waals surface area contributed by atoms with Gasteiger partial charge in [-0.3, -0.25) is 9.80 Å². The van der Waals surface area contributed by atoms with Crippen LogP contribution in [0.5, 0.6) is 0 Å². The number of aromatic nitrogens is 3. The maximum Gasteiger partial charge on any atom is 0.261 e. The van der Waals surface area contributed by atoms with Gasteiger partial charge < -0.3 is 29.7 Å². The van der Waals surface area contributed by atoms with Gasteiger partial charge in [0.25, 0.3) is 5.91 Å². The Morgan fingerprint density at radius 2 is 2.19 bits per heavy atom. The van der Waals surface area contributed by atoms with E-state index in [0.717, 1.165) is 41.2 Å². The first-order valence-electron chi connectivity index (χ1n) is 12.0. The number of carbonyl (C=O) groups excluding carboxylic acids is 1. The zero-order chi connectivity index (χ0) is 25.1. The normalized spacial score (nSPS) is 18.4. The lowest BCUT2D eigenvalue weighted by Crippen LogP contribution is -2.36. The van der Waals surface area contributed by atoms with Crippen molar-refractivity contribution in [2.45, 2.75) is 26.3 Å². The number of nitrogens with zero attached hydrogens (tertiary/aromatic N) is 5. The maximum absolute atomic E-state index is 13.4. The van der Waals surface area contributed by atoms with Crippen LogP contribution < -0.4 is 15.5 Å². The third-order valence-corrected chi connectivity index (χ3v) is 6.34. The topological polar surface area (TPSA) is 124 Å². The van der Waals surface area contributed by atoms with Gasteiger partial charge in [0.15, 0.2) is 6.39 Å². The number of anilines is 1.